The Kier molecular flexibility index (Phi) is 9.05. The molecule has 0 saturated carbocycles. The third kappa shape index (κ3) is 6.51. The van der Waals surface area contributed by atoms with Gasteiger partial charge in [-0.1, -0.05) is 0 Å². The lowest BCUT2D eigenvalue weighted by Crippen LogP contribution is -2.25. The van der Waals surface area contributed by atoms with Gasteiger partial charge < -0.3 is 14.2 Å². The molecule has 0 aliphatic carbocycles. The van der Waals surface area contributed by atoms with E-state index in [-0.39, 0.29) is 24.7 Å². The minimum Gasteiger partial charge on any atom is -0.495 e. The van der Waals surface area contributed by atoms with E-state index in [2.05, 4.69) is 60.7 Å². The number of nitriles is 1. The van der Waals surface area contributed by atoms with E-state index in [1.807, 2.05) is 18.2 Å². The van der Waals surface area contributed by atoms with Crippen molar-refractivity contribution in [1.82, 2.24) is 10.4 Å². The summed E-state index contributed by atoms with van der Waals surface area (Å²) in [5.74, 6) is 0.421. The minimum atomic E-state index is -0.473. The highest BCUT2D eigenvalue weighted by molar-refractivity contribution is 14.1. The molecule has 8 nitrogen and oxygen atoms in total. The van der Waals surface area contributed by atoms with Crippen LogP contribution in [0.1, 0.15) is 22.4 Å². The van der Waals surface area contributed by atoms with Gasteiger partial charge in [-0.05, 0) is 75.9 Å². The molecule has 0 saturated heterocycles. The molecule has 2 rings (SSSR count). The molecule has 10 heteroatoms. The molecule has 1 aromatic heterocycles. The fourth-order valence-corrected chi connectivity index (χ4v) is 4.65. The number of amides is 1. The first-order chi connectivity index (χ1) is 13.9. The van der Waals surface area contributed by atoms with Crippen LogP contribution in [0.5, 0.6) is 11.6 Å². The molecule has 1 aromatic carbocycles. The second-order valence-corrected chi connectivity index (χ2v) is 8.07. The Labute approximate surface area is 195 Å². The number of methoxy groups -OCH3 is 2. The summed E-state index contributed by atoms with van der Waals surface area (Å²) in [7, 11) is 3.15. The molecule has 1 N–H and O–H groups in total. The van der Waals surface area contributed by atoms with E-state index in [1.54, 1.807) is 20.1 Å². The van der Waals surface area contributed by atoms with Crippen molar-refractivity contribution in [3.05, 3.63) is 47.7 Å². The average molecular weight is 620 g/mol. The number of halogens is 2. The maximum Gasteiger partial charge on any atom is 0.278 e. The minimum absolute atomic E-state index is 0.0953. The number of ether oxygens (including phenoxy) is 3. The summed E-state index contributed by atoms with van der Waals surface area (Å²) >= 11 is 4.35. The van der Waals surface area contributed by atoms with Crippen molar-refractivity contribution in [2.24, 2.45) is 5.10 Å². The standard InChI is InChI=1S/C19H18I2N4O4/c1-11-4-13(9-27-2)14(7-22)19(24-11)29-10-17(26)25-23-8-12-5-15(20)18(28-3)16(21)6-12/h4-6,8H,9-10H2,1-3H3,(H,25,26)/b23-8-. The molecule has 0 radical (unpaired) electrons. The molecule has 1 amide bonds. The molecule has 0 atom stereocenters. The predicted molar refractivity (Wildman–Crippen MR) is 124 cm³/mol. The first kappa shape index (κ1) is 23.3. The van der Waals surface area contributed by atoms with Gasteiger partial charge >= 0.3 is 0 Å². The molecule has 152 valence electrons. The van der Waals surface area contributed by atoms with Crippen LogP contribution in [0.3, 0.4) is 0 Å². The second-order valence-electron chi connectivity index (χ2n) is 5.75. The third-order valence-electron chi connectivity index (χ3n) is 3.58. The predicted octanol–water partition coefficient (Wildman–Crippen LogP) is 3.16. The lowest BCUT2D eigenvalue weighted by Gasteiger charge is -2.10. The molecule has 0 bridgehead atoms. The summed E-state index contributed by atoms with van der Waals surface area (Å²) in [4.78, 5) is 16.2. The van der Waals surface area contributed by atoms with E-state index in [1.165, 1.54) is 13.3 Å². The quantitative estimate of drug-likeness (QED) is 0.277. The highest BCUT2D eigenvalue weighted by Gasteiger charge is 2.14. The zero-order valence-corrected chi connectivity index (χ0v) is 20.3. The smallest absolute Gasteiger partial charge is 0.278 e. The van der Waals surface area contributed by atoms with E-state index in [0.717, 1.165) is 18.5 Å². The van der Waals surface area contributed by atoms with Crippen LogP contribution < -0.4 is 14.9 Å². The van der Waals surface area contributed by atoms with Crippen LogP contribution in [0.4, 0.5) is 0 Å². The highest BCUT2D eigenvalue weighted by Crippen LogP contribution is 2.28. The fraction of sp³-hybridized carbons (Fsp3) is 0.263. The van der Waals surface area contributed by atoms with Crippen LogP contribution in [0, 0.1) is 25.4 Å². The molecule has 0 spiro atoms. The van der Waals surface area contributed by atoms with Gasteiger partial charge in [0.25, 0.3) is 5.91 Å². The average Bonchev–Trinajstić information content (AvgIpc) is 2.66. The number of nitrogens with zero attached hydrogens (tertiary/aromatic N) is 3. The number of benzene rings is 1. The fourth-order valence-electron chi connectivity index (χ4n) is 2.40. The highest BCUT2D eigenvalue weighted by atomic mass is 127. The van der Waals surface area contributed by atoms with Crippen LogP contribution >= 0.6 is 45.2 Å². The number of aromatic nitrogens is 1. The van der Waals surface area contributed by atoms with Gasteiger partial charge in [-0.2, -0.15) is 10.4 Å². The van der Waals surface area contributed by atoms with E-state index in [4.69, 9.17) is 14.2 Å². The second kappa shape index (κ2) is 11.3. The molecule has 1 heterocycles. The van der Waals surface area contributed by atoms with E-state index in [0.29, 0.717) is 11.3 Å². The summed E-state index contributed by atoms with van der Waals surface area (Å²) in [5, 5.41) is 13.3. The van der Waals surface area contributed by atoms with Crippen molar-refractivity contribution in [2.75, 3.05) is 20.8 Å². The number of hydrogen-bond acceptors (Lipinski definition) is 7. The monoisotopic (exact) mass is 620 g/mol. The van der Waals surface area contributed by atoms with Gasteiger partial charge in [-0.25, -0.2) is 10.4 Å². The SMILES string of the molecule is COCc1cc(C)nc(OCC(=O)N/N=C\c2cc(I)c(OC)c(I)c2)c1C#N. The number of aryl methyl sites for hydroxylation is 1. The van der Waals surface area contributed by atoms with Gasteiger partial charge in [0.2, 0.25) is 5.88 Å². The van der Waals surface area contributed by atoms with Gasteiger partial charge in [0, 0.05) is 18.4 Å². The Balaban J connectivity index is 2.01. The summed E-state index contributed by atoms with van der Waals surface area (Å²) in [5.41, 5.74) is 4.77. The van der Waals surface area contributed by atoms with Crippen molar-refractivity contribution in [1.29, 1.82) is 5.26 Å². The molecular weight excluding hydrogens is 602 g/mol. The van der Waals surface area contributed by atoms with Crippen molar-refractivity contribution in [3.63, 3.8) is 0 Å². The summed E-state index contributed by atoms with van der Waals surface area (Å²) in [6.07, 6.45) is 1.53. The van der Waals surface area contributed by atoms with Gasteiger partial charge in [0.1, 0.15) is 17.4 Å². The number of carbonyl (C=O) groups is 1. The molecule has 2 aromatic rings. The molecule has 0 fully saturated rings. The number of pyridine rings is 1. The van der Waals surface area contributed by atoms with Crippen LogP contribution in [-0.4, -0.2) is 37.9 Å². The number of nitrogens with one attached hydrogen (secondary N) is 1. The maximum absolute atomic E-state index is 12.0. The molecule has 0 unspecified atom stereocenters. The number of hydrazone groups is 1. The van der Waals surface area contributed by atoms with E-state index < -0.39 is 5.91 Å². The summed E-state index contributed by atoms with van der Waals surface area (Å²) in [6, 6.07) is 7.57. The number of rotatable bonds is 8. The van der Waals surface area contributed by atoms with Crippen LogP contribution in [0.15, 0.2) is 23.3 Å². The van der Waals surface area contributed by atoms with Crippen LogP contribution in [0.2, 0.25) is 0 Å². The van der Waals surface area contributed by atoms with E-state index >= 15 is 0 Å². The summed E-state index contributed by atoms with van der Waals surface area (Å²) < 4.78 is 17.7. The van der Waals surface area contributed by atoms with Crippen molar-refractivity contribution >= 4 is 57.3 Å². The van der Waals surface area contributed by atoms with Crippen molar-refractivity contribution in [2.45, 2.75) is 13.5 Å². The first-order valence-corrected chi connectivity index (χ1v) is 10.4. The Morgan fingerprint density at radius 1 is 1.31 bits per heavy atom. The van der Waals surface area contributed by atoms with Gasteiger partial charge in [0.15, 0.2) is 6.61 Å². The Morgan fingerprint density at radius 3 is 2.59 bits per heavy atom. The lowest BCUT2D eigenvalue weighted by atomic mass is 10.1. The largest absolute Gasteiger partial charge is 0.495 e. The Bertz CT molecular complexity index is 950. The number of hydrogen-bond donors (Lipinski definition) is 1. The summed E-state index contributed by atoms with van der Waals surface area (Å²) in [6.45, 7) is 1.69. The van der Waals surface area contributed by atoms with Crippen LogP contribution in [0.25, 0.3) is 0 Å². The molecule has 0 aliphatic rings. The third-order valence-corrected chi connectivity index (χ3v) is 5.18. The zero-order chi connectivity index (χ0) is 21.4. The van der Waals surface area contributed by atoms with E-state index in [9.17, 15) is 10.1 Å². The van der Waals surface area contributed by atoms with Gasteiger partial charge in [-0.15, -0.1) is 0 Å². The molecular formula is C19H18I2N4O4. The first-order valence-electron chi connectivity index (χ1n) is 8.26. The zero-order valence-electron chi connectivity index (χ0n) is 16.0. The van der Waals surface area contributed by atoms with Gasteiger partial charge in [-0.3, -0.25) is 4.79 Å². The van der Waals surface area contributed by atoms with Crippen molar-refractivity contribution in [3.8, 4) is 17.7 Å². The van der Waals surface area contributed by atoms with Crippen molar-refractivity contribution < 1.29 is 19.0 Å². The number of carbonyl (C=O) groups excluding carboxylic acids is 1. The molecule has 29 heavy (non-hydrogen) atoms. The maximum atomic E-state index is 12.0. The molecule has 0 aliphatic heterocycles. The topological polar surface area (TPSA) is 106 Å². The van der Waals surface area contributed by atoms with Gasteiger partial charge in [0.05, 0.1) is 27.1 Å². The Hall–Kier alpha value is -1.98. The van der Waals surface area contributed by atoms with Crippen LogP contribution in [-0.2, 0) is 16.1 Å². The lowest BCUT2D eigenvalue weighted by molar-refractivity contribution is -0.123. The Morgan fingerprint density at radius 2 is 2.00 bits per heavy atom. The normalized spacial score (nSPS) is 10.6.